The van der Waals surface area contributed by atoms with Crippen molar-refractivity contribution in [2.45, 2.75) is 6.54 Å². The van der Waals surface area contributed by atoms with Crippen LogP contribution >= 0.6 is 0 Å². The molecule has 5 heteroatoms. The van der Waals surface area contributed by atoms with Gasteiger partial charge in [0.25, 0.3) is 0 Å². The molecule has 0 aliphatic heterocycles. The number of imidazole rings is 1. The topological polar surface area (TPSA) is 48.3 Å². The van der Waals surface area contributed by atoms with Gasteiger partial charge in [-0.3, -0.25) is 0 Å². The Morgan fingerprint density at radius 2 is 2.05 bits per heavy atom. The standard InChI is InChI=1S/C14H19N3O2/c1-15-8-12-14(16-9-17(12)2)11-6-5-10(18-3)7-13(11)19-4/h5-7,9,15H,8H2,1-4H3. The van der Waals surface area contributed by atoms with Crippen LogP contribution < -0.4 is 14.8 Å². The van der Waals surface area contributed by atoms with Crippen molar-refractivity contribution in [2.24, 2.45) is 7.05 Å². The van der Waals surface area contributed by atoms with E-state index >= 15 is 0 Å². The minimum absolute atomic E-state index is 0.751. The van der Waals surface area contributed by atoms with Crippen LogP contribution in [0.25, 0.3) is 11.3 Å². The predicted molar refractivity (Wildman–Crippen MR) is 74.5 cm³/mol. The SMILES string of the molecule is CNCc1c(-c2ccc(OC)cc2OC)ncn1C. The van der Waals surface area contributed by atoms with E-state index in [0.717, 1.165) is 35.0 Å². The van der Waals surface area contributed by atoms with Crippen molar-refractivity contribution in [2.75, 3.05) is 21.3 Å². The number of methoxy groups -OCH3 is 2. The van der Waals surface area contributed by atoms with Gasteiger partial charge in [0.05, 0.1) is 31.9 Å². The fourth-order valence-electron chi connectivity index (χ4n) is 2.05. The fraction of sp³-hybridized carbons (Fsp3) is 0.357. The Morgan fingerprint density at radius 3 is 2.68 bits per heavy atom. The van der Waals surface area contributed by atoms with Crippen LogP contribution in [0, 0.1) is 0 Å². The van der Waals surface area contributed by atoms with E-state index in [1.165, 1.54) is 0 Å². The minimum atomic E-state index is 0.751. The minimum Gasteiger partial charge on any atom is -0.497 e. The summed E-state index contributed by atoms with van der Waals surface area (Å²) < 4.78 is 12.7. The maximum Gasteiger partial charge on any atom is 0.132 e. The molecule has 19 heavy (non-hydrogen) atoms. The maximum atomic E-state index is 5.43. The Labute approximate surface area is 113 Å². The predicted octanol–water partition coefficient (Wildman–Crippen LogP) is 1.82. The Kier molecular flexibility index (Phi) is 4.06. The molecular weight excluding hydrogens is 242 g/mol. The van der Waals surface area contributed by atoms with Crippen molar-refractivity contribution in [3.63, 3.8) is 0 Å². The molecule has 0 spiro atoms. The van der Waals surface area contributed by atoms with Gasteiger partial charge >= 0.3 is 0 Å². The van der Waals surface area contributed by atoms with Crippen LogP contribution in [0.5, 0.6) is 11.5 Å². The summed E-state index contributed by atoms with van der Waals surface area (Å²) in [7, 11) is 7.20. The third kappa shape index (κ3) is 2.56. The van der Waals surface area contributed by atoms with Gasteiger partial charge in [-0.2, -0.15) is 0 Å². The third-order valence-electron chi connectivity index (χ3n) is 3.07. The molecule has 0 radical (unpaired) electrons. The fourth-order valence-corrected chi connectivity index (χ4v) is 2.05. The molecule has 0 unspecified atom stereocenters. The van der Waals surface area contributed by atoms with Crippen LogP contribution in [0.4, 0.5) is 0 Å². The monoisotopic (exact) mass is 261 g/mol. The van der Waals surface area contributed by atoms with Crippen molar-refractivity contribution >= 4 is 0 Å². The van der Waals surface area contributed by atoms with Gasteiger partial charge in [-0.25, -0.2) is 4.98 Å². The van der Waals surface area contributed by atoms with Gasteiger partial charge in [0, 0.05) is 25.2 Å². The van der Waals surface area contributed by atoms with Crippen LogP contribution in [-0.2, 0) is 13.6 Å². The molecule has 0 amide bonds. The molecule has 0 bridgehead atoms. The summed E-state index contributed by atoms with van der Waals surface area (Å²) in [5.74, 6) is 1.53. The number of aromatic nitrogens is 2. The lowest BCUT2D eigenvalue weighted by molar-refractivity contribution is 0.395. The molecule has 1 N–H and O–H groups in total. The zero-order chi connectivity index (χ0) is 13.8. The summed E-state index contributed by atoms with van der Waals surface area (Å²) in [6, 6.07) is 5.75. The van der Waals surface area contributed by atoms with E-state index in [4.69, 9.17) is 9.47 Å². The number of nitrogens with zero attached hydrogens (tertiary/aromatic N) is 2. The quantitative estimate of drug-likeness (QED) is 0.892. The van der Waals surface area contributed by atoms with E-state index in [1.807, 2.05) is 43.2 Å². The zero-order valence-corrected chi connectivity index (χ0v) is 11.7. The van der Waals surface area contributed by atoms with E-state index in [2.05, 4.69) is 10.3 Å². The molecule has 0 aliphatic carbocycles. The first kappa shape index (κ1) is 13.4. The average molecular weight is 261 g/mol. The normalized spacial score (nSPS) is 10.5. The number of benzene rings is 1. The molecule has 0 fully saturated rings. The van der Waals surface area contributed by atoms with Crippen LogP contribution in [0.15, 0.2) is 24.5 Å². The molecule has 5 nitrogen and oxygen atoms in total. The average Bonchev–Trinajstić information content (AvgIpc) is 2.80. The van der Waals surface area contributed by atoms with Gasteiger partial charge in [0.1, 0.15) is 11.5 Å². The van der Waals surface area contributed by atoms with E-state index in [-0.39, 0.29) is 0 Å². The molecule has 0 saturated carbocycles. The van der Waals surface area contributed by atoms with Crippen LogP contribution in [0.1, 0.15) is 5.69 Å². The lowest BCUT2D eigenvalue weighted by Crippen LogP contribution is -2.10. The van der Waals surface area contributed by atoms with Crippen molar-refractivity contribution in [1.29, 1.82) is 0 Å². The Morgan fingerprint density at radius 1 is 1.26 bits per heavy atom. The lowest BCUT2D eigenvalue weighted by atomic mass is 10.1. The second-order valence-electron chi connectivity index (χ2n) is 4.25. The number of rotatable bonds is 5. The van der Waals surface area contributed by atoms with Crippen LogP contribution in [0.2, 0.25) is 0 Å². The van der Waals surface area contributed by atoms with Gasteiger partial charge in [0.15, 0.2) is 0 Å². The Hall–Kier alpha value is -2.01. The van der Waals surface area contributed by atoms with E-state index < -0.39 is 0 Å². The second kappa shape index (κ2) is 5.75. The summed E-state index contributed by atoms with van der Waals surface area (Å²) in [6.07, 6.45) is 1.81. The molecule has 0 aliphatic rings. The zero-order valence-electron chi connectivity index (χ0n) is 11.7. The first-order valence-electron chi connectivity index (χ1n) is 6.08. The highest BCUT2D eigenvalue weighted by Crippen LogP contribution is 2.34. The lowest BCUT2D eigenvalue weighted by Gasteiger charge is -2.11. The number of hydrogen-bond acceptors (Lipinski definition) is 4. The van der Waals surface area contributed by atoms with Crippen molar-refractivity contribution in [3.05, 3.63) is 30.2 Å². The van der Waals surface area contributed by atoms with Crippen molar-refractivity contribution in [3.8, 4) is 22.8 Å². The summed E-state index contributed by atoms with van der Waals surface area (Å²) >= 11 is 0. The van der Waals surface area contributed by atoms with E-state index in [9.17, 15) is 0 Å². The van der Waals surface area contributed by atoms with E-state index in [0.29, 0.717) is 0 Å². The van der Waals surface area contributed by atoms with Crippen LogP contribution in [0.3, 0.4) is 0 Å². The molecule has 102 valence electrons. The Balaban J connectivity index is 2.52. The molecule has 2 rings (SSSR count). The number of ether oxygens (including phenoxy) is 2. The van der Waals surface area contributed by atoms with Crippen molar-refractivity contribution in [1.82, 2.24) is 14.9 Å². The molecule has 1 aromatic carbocycles. The second-order valence-corrected chi connectivity index (χ2v) is 4.25. The molecule has 1 heterocycles. The van der Waals surface area contributed by atoms with Gasteiger partial charge in [-0.05, 0) is 19.2 Å². The number of hydrogen-bond donors (Lipinski definition) is 1. The van der Waals surface area contributed by atoms with Gasteiger partial charge < -0.3 is 19.4 Å². The molecule has 2 aromatic rings. The van der Waals surface area contributed by atoms with Gasteiger partial charge in [0.2, 0.25) is 0 Å². The summed E-state index contributed by atoms with van der Waals surface area (Å²) in [4.78, 5) is 4.47. The highest BCUT2D eigenvalue weighted by molar-refractivity contribution is 5.70. The largest absolute Gasteiger partial charge is 0.497 e. The maximum absolute atomic E-state index is 5.43. The molecular formula is C14H19N3O2. The highest BCUT2D eigenvalue weighted by atomic mass is 16.5. The van der Waals surface area contributed by atoms with E-state index in [1.54, 1.807) is 14.2 Å². The first-order valence-corrected chi connectivity index (χ1v) is 6.08. The molecule has 1 aromatic heterocycles. The highest BCUT2D eigenvalue weighted by Gasteiger charge is 2.15. The van der Waals surface area contributed by atoms with Gasteiger partial charge in [-0.15, -0.1) is 0 Å². The smallest absolute Gasteiger partial charge is 0.132 e. The molecule has 0 saturated heterocycles. The molecule has 0 atom stereocenters. The number of aryl methyl sites for hydroxylation is 1. The van der Waals surface area contributed by atoms with Gasteiger partial charge in [-0.1, -0.05) is 0 Å². The third-order valence-corrected chi connectivity index (χ3v) is 3.07. The summed E-state index contributed by atoms with van der Waals surface area (Å²) in [5, 5.41) is 3.15. The number of nitrogens with one attached hydrogen (secondary N) is 1. The first-order chi connectivity index (χ1) is 9.21. The van der Waals surface area contributed by atoms with Crippen LogP contribution in [-0.4, -0.2) is 30.8 Å². The summed E-state index contributed by atoms with van der Waals surface area (Å²) in [5.41, 5.74) is 3.01. The van der Waals surface area contributed by atoms with Crippen molar-refractivity contribution < 1.29 is 9.47 Å². The summed E-state index contributed by atoms with van der Waals surface area (Å²) in [6.45, 7) is 0.751. The Bertz CT molecular complexity index is 564.